The van der Waals surface area contributed by atoms with Gasteiger partial charge in [0.15, 0.2) is 0 Å². The summed E-state index contributed by atoms with van der Waals surface area (Å²) < 4.78 is 10.2. The fourth-order valence-electron chi connectivity index (χ4n) is 3.44. The third-order valence-electron chi connectivity index (χ3n) is 5.20. The number of nitrogens with one attached hydrogen (secondary N) is 1. The summed E-state index contributed by atoms with van der Waals surface area (Å²) in [6.45, 7) is 1.63. The first-order chi connectivity index (χ1) is 14.9. The van der Waals surface area contributed by atoms with Gasteiger partial charge in [0.25, 0.3) is 0 Å². The standard InChI is InChI=1S/C25H25NO5/c1-16-20(23(29)25(31-3)24(30-2)22(16)28)15-18-11-9-17(10-12-18)13-14-21(27)26-19-7-5-4-6-8-19/h4-12H,13-15H2,1-3H3,(H,26,27). The lowest BCUT2D eigenvalue weighted by atomic mass is 9.88. The highest BCUT2D eigenvalue weighted by molar-refractivity contribution is 6.23. The van der Waals surface area contributed by atoms with Crippen LogP contribution in [0.25, 0.3) is 0 Å². The van der Waals surface area contributed by atoms with Crippen LogP contribution in [0, 0.1) is 0 Å². The Morgan fingerprint density at radius 3 is 2.03 bits per heavy atom. The maximum Gasteiger partial charge on any atom is 0.228 e. The summed E-state index contributed by atoms with van der Waals surface area (Å²) in [6.07, 6.45) is 1.29. The zero-order valence-corrected chi connectivity index (χ0v) is 17.9. The number of carbonyl (C=O) groups excluding carboxylic acids is 3. The Labute approximate surface area is 181 Å². The Bertz CT molecular complexity index is 1050. The number of rotatable bonds is 8. The molecule has 160 valence electrons. The molecule has 0 saturated heterocycles. The van der Waals surface area contributed by atoms with Gasteiger partial charge in [0.05, 0.1) is 14.2 Å². The Morgan fingerprint density at radius 2 is 1.42 bits per heavy atom. The van der Waals surface area contributed by atoms with Crippen LogP contribution in [0.3, 0.4) is 0 Å². The minimum Gasteiger partial charge on any atom is -0.489 e. The molecule has 0 unspecified atom stereocenters. The first-order valence-electron chi connectivity index (χ1n) is 9.98. The van der Waals surface area contributed by atoms with Gasteiger partial charge in [-0.3, -0.25) is 14.4 Å². The van der Waals surface area contributed by atoms with Crippen LogP contribution in [0.5, 0.6) is 0 Å². The number of ether oxygens (including phenoxy) is 2. The number of amides is 1. The van der Waals surface area contributed by atoms with Crippen LogP contribution in [0.1, 0.15) is 24.5 Å². The van der Waals surface area contributed by atoms with E-state index in [9.17, 15) is 14.4 Å². The average Bonchev–Trinajstić information content (AvgIpc) is 2.79. The molecule has 2 aromatic carbocycles. The van der Waals surface area contributed by atoms with Crippen LogP contribution < -0.4 is 5.32 Å². The van der Waals surface area contributed by atoms with Crippen LogP contribution in [0.2, 0.25) is 0 Å². The molecule has 1 N–H and O–H groups in total. The van der Waals surface area contributed by atoms with Crippen molar-refractivity contribution in [1.29, 1.82) is 0 Å². The minimum atomic E-state index is -0.338. The van der Waals surface area contributed by atoms with Gasteiger partial charge in [-0.25, -0.2) is 0 Å². The van der Waals surface area contributed by atoms with E-state index in [0.29, 0.717) is 30.4 Å². The average molecular weight is 419 g/mol. The van der Waals surface area contributed by atoms with E-state index in [1.165, 1.54) is 14.2 Å². The molecule has 0 aromatic heterocycles. The zero-order valence-electron chi connectivity index (χ0n) is 17.9. The van der Waals surface area contributed by atoms with Crippen LogP contribution in [-0.4, -0.2) is 31.7 Å². The second-order valence-corrected chi connectivity index (χ2v) is 7.24. The first-order valence-corrected chi connectivity index (χ1v) is 9.98. The van der Waals surface area contributed by atoms with E-state index >= 15 is 0 Å². The number of hydrogen-bond donors (Lipinski definition) is 1. The molecule has 0 atom stereocenters. The number of carbonyl (C=O) groups is 3. The van der Waals surface area contributed by atoms with Crippen LogP contribution >= 0.6 is 0 Å². The van der Waals surface area contributed by atoms with Crippen LogP contribution in [0.15, 0.2) is 77.3 Å². The molecule has 2 aromatic rings. The van der Waals surface area contributed by atoms with Gasteiger partial charge < -0.3 is 14.8 Å². The second kappa shape index (κ2) is 9.89. The maximum atomic E-state index is 12.8. The van der Waals surface area contributed by atoms with E-state index in [2.05, 4.69) is 5.32 Å². The fraction of sp³-hybridized carbons (Fsp3) is 0.240. The van der Waals surface area contributed by atoms with Crippen molar-refractivity contribution in [3.05, 3.63) is 88.4 Å². The van der Waals surface area contributed by atoms with Gasteiger partial charge >= 0.3 is 0 Å². The van der Waals surface area contributed by atoms with Gasteiger partial charge in [0.1, 0.15) is 0 Å². The number of ketones is 2. The Morgan fingerprint density at radius 1 is 0.839 bits per heavy atom. The van der Waals surface area contributed by atoms with Gasteiger partial charge in [0, 0.05) is 29.7 Å². The Hall–Kier alpha value is -3.67. The van der Waals surface area contributed by atoms with Crippen molar-refractivity contribution in [1.82, 2.24) is 0 Å². The molecular weight excluding hydrogens is 394 g/mol. The molecule has 1 aliphatic carbocycles. The van der Waals surface area contributed by atoms with Crippen LogP contribution in [0.4, 0.5) is 5.69 Å². The molecule has 6 heteroatoms. The van der Waals surface area contributed by atoms with Crippen molar-refractivity contribution in [3.63, 3.8) is 0 Å². The number of allylic oxidation sites excluding steroid dienone is 2. The molecule has 31 heavy (non-hydrogen) atoms. The highest BCUT2D eigenvalue weighted by Gasteiger charge is 2.34. The van der Waals surface area contributed by atoms with E-state index in [1.54, 1.807) is 6.92 Å². The summed E-state index contributed by atoms with van der Waals surface area (Å²) in [5, 5.41) is 2.87. The number of hydrogen-bond acceptors (Lipinski definition) is 5. The molecule has 1 aliphatic rings. The maximum absolute atomic E-state index is 12.8. The number of Topliss-reactive ketones (excluding diaryl/α,β-unsaturated/α-hetero) is 2. The normalized spacial score (nSPS) is 14.0. The van der Waals surface area contributed by atoms with Gasteiger partial charge in [-0.05, 0) is 36.6 Å². The molecule has 0 fully saturated rings. The number of para-hydroxylation sites is 1. The first kappa shape index (κ1) is 22.0. The third-order valence-corrected chi connectivity index (χ3v) is 5.20. The molecule has 1 amide bonds. The quantitative estimate of drug-likeness (QED) is 0.659. The smallest absolute Gasteiger partial charge is 0.228 e. The summed E-state index contributed by atoms with van der Waals surface area (Å²) >= 11 is 0. The molecule has 0 radical (unpaired) electrons. The predicted molar refractivity (Wildman–Crippen MR) is 117 cm³/mol. The zero-order chi connectivity index (χ0) is 22.4. The van der Waals surface area contributed by atoms with Crippen LogP contribution in [-0.2, 0) is 36.7 Å². The third kappa shape index (κ3) is 5.09. The topological polar surface area (TPSA) is 81.7 Å². The molecule has 0 saturated carbocycles. The van der Waals surface area contributed by atoms with Crippen molar-refractivity contribution in [2.24, 2.45) is 0 Å². The van der Waals surface area contributed by atoms with Gasteiger partial charge in [0.2, 0.25) is 29.0 Å². The fourth-order valence-corrected chi connectivity index (χ4v) is 3.44. The van der Waals surface area contributed by atoms with E-state index in [-0.39, 0.29) is 29.0 Å². The SMILES string of the molecule is COC1=C(OC)C(=O)C(Cc2ccc(CCC(=O)Nc3ccccc3)cc2)=C(C)C1=O. The van der Waals surface area contributed by atoms with E-state index in [1.807, 2.05) is 54.6 Å². The molecule has 0 aliphatic heterocycles. The molecule has 0 bridgehead atoms. The molecule has 6 nitrogen and oxygen atoms in total. The summed E-state index contributed by atoms with van der Waals surface area (Å²) in [7, 11) is 2.69. The Balaban J connectivity index is 1.63. The van der Waals surface area contributed by atoms with E-state index in [0.717, 1.165) is 16.8 Å². The second-order valence-electron chi connectivity index (χ2n) is 7.24. The monoisotopic (exact) mass is 419 g/mol. The summed E-state index contributed by atoms with van der Waals surface area (Å²) in [6, 6.07) is 17.0. The number of aryl methyl sites for hydroxylation is 1. The molecule has 0 spiro atoms. The number of anilines is 1. The van der Waals surface area contributed by atoms with E-state index < -0.39 is 0 Å². The lowest BCUT2D eigenvalue weighted by Crippen LogP contribution is -2.26. The summed E-state index contributed by atoms with van der Waals surface area (Å²) in [5.74, 6) is -0.838. The van der Waals surface area contributed by atoms with Gasteiger partial charge in [-0.15, -0.1) is 0 Å². The predicted octanol–water partition coefficient (Wildman–Crippen LogP) is 3.77. The molecule has 3 rings (SSSR count). The molecule has 0 heterocycles. The van der Waals surface area contributed by atoms with Crippen molar-refractivity contribution in [3.8, 4) is 0 Å². The minimum absolute atomic E-state index is 0.0461. The van der Waals surface area contributed by atoms with Crippen molar-refractivity contribution >= 4 is 23.2 Å². The summed E-state index contributed by atoms with van der Waals surface area (Å²) in [4.78, 5) is 37.4. The largest absolute Gasteiger partial charge is 0.489 e. The number of methoxy groups -OCH3 is 2. The highest BCUT2D eigenvalue weighted by Crippen LogP contribution is 2.28. The Kier molecular flexibility index (Phi) is 7.03. The van der Waals surface area contributed by atoms with Crippen molar-refractivity contribution in [2.45, 2.75) is 26.2 Å². The van der Waals surface area contributed by atoms with E-state index in [4.69, 9.17) is 9.47 Å². The molecular formula is C25H25NO5. The summed E-state index contributed by atoms with van der Waals surface area (Å²) in [5.41, 5.74) is 3.45. The number of benzene rings is 2. The van der Waals surface area contributed by atoms with Crippen molar-refractivity contribution in [2.75, 3.05) is 19.5 Å². The highest BCUT2D eigenvalue weighted by atomic mass is 16.5. The lowest BCUT2D eigenvalue weighted by molar-refractivity contribution is -0.121. The van der Waals surface area contributed by atoms with Gasteiger partial charge in [-0.2, -0.15) is 0 Å². The lowest BCUT2D eigenvalue weighted by Gasteiger charge is -2.20. The van der Waals surface area contributed by atoms with Crippen molar-refractivity contribution < 1.29 is 23.9 Å². The van der Waals surface area contributed by atoms with Gasteiger partial charge in [-0.1, -0.05) is 42.5 Å².